The topological polar surface area (TPSA) is 72.2 Å². The molecule has 3 N–H and O–H groups in total. The summed E-state index contributed by atoms with van der Waals surface area (Å²) in [6.45, 7) is 2.20. The molecule has 17 heavy (non-hydrogen) atoms. The number of nitrogens with two attached hydrogens (primary N) is 1. The summed E-state index contributed by atoms with van der Waals surface area (Å²) >= 11 is 11.7. The standard InChI is InChI=1S/C10H14Cl2N2O2S/c1-7(14-4-5-17(13,15)16)8-2-3-9(11)10(12)6-8/h2-3,6-7,14H,4-5H2,1H3,(H2,13,15,16). The van der Waals surface area contributed by atoms with Gasteiger partial charge in [0.05, 0.1) is 15.8 Å². The van der Waals surface area contributed by atoms with Gasteiger partial charge in [-0.2, -0.15) is 0 Å². The van der Waals surface area contributed by atoms with Gasteiger partial charge in [0.1, 0.15) is 0 Å². The van der Waals surface area contributed by atoms with Gasteiger partial charge in [-0.3, -0.25) is 0 Å². The molecular weight excluding hydrogens is 283 g/mol. The predicted octanol–water partition coefficient (Wildman–Crippen LogP) is 1.93. The van der Waals surface area contributed by atoms with Crippen LogP contribution in [0.5, 0.6) is 0 Å². The molecule has 1 atom stereocenters. The molecule has 96 valence electrons. The van der Waals surface area contributed by atoms with Gasteiger partial charge in [-0.15, -0.1) is 0 Å². The molecule has 0 aliphatic heterocycles. The van der Waals surface area contributed by atoms with Crippen molar-refractivity contribution in [2.75, 3.05) is 12.3 Å². The first-order chi connectivity index (χ1) is 7.79. The molecule has 0 saturated carbocycles. The average Bonchev–Trinajstić information content (AvgIpc) is 2.20. The van der Waals surface area contributed by atoms with Gasteiger partial charge in [-0.25, -0.2) is 13.6 Å². The van der Waals surface area contributed by atoms with Crippen LogP contribution >= 0.6 is 23.2 Å². The van der Waals surface area contributed by atoms with Crippen LogP contribution in [0.25, 0.3) is 0 Å². The lowest BCUT2D eigenvalue weighted by Crippen LogP contribution is -2.28. The Morgan fingerprint density at radius 2 is 2.00 bits per heavy atom. The van der Waals surface area contributed by atoms with E-state index in [9.17, 15) is 8.42 Å². The monoisotopic (exact) mass is 296 g/mol. The van der Waals surface area contributed by atoms with Crippen LogP contribution in [0.3, 0.4) is 0 Å². The third-order valence-corrected chi connectivity index (χ3v) is 3.79. The van der Waals surface area contributed by atoms with E-state index in [0.29, 0.717) is 16.6 Å². The van der Waals surface area contributed by atoms with E-state index in [-0.39, 0.29) is 11.8 Å². The van der Waals surface area contributed by atoms with Crippen LogP contribution in [0, 0.1) is 0 Å². The second-order valence-electron chi connectivity index (χ2n) is 3.72. The first-order valence-electron chi connectivity index (χ1n) is 4.98. The van der Waals surface area contributed by atoms with Crippen molar-refractivity contribution in [3.63, 3.8) is 0 Å². The quantitative estimate of drug-likeness (QED) is 0.872. The van der Waals surface area contributed by atoms with Gasteiger partial charge in [0, 0.05) is 12.6 Å². The van der Waals surface area contributed by atoms with Gasteiger partial charge in [0.25, 0.3) is 0 Å². The van der Waals surface area contributed by atoms with Crippen LogP contribution in [-0.4, -0.2) is 20.7 Å². The van der Waals surface area contributed by atoms with Gasteiger partial charge in [-0.1, -0.05) is 29.3 Å². The first-order valence-corrected chi connectivity index (χ1v) is 7.45. The number of halogens is 2. The van der Waals surface area contributed by atoms with E-state index in [1.807, 2.05) is 13.0 Å². The van der Waals surface area contributed by atoms with E-state index >= 15 is 0 Å². The van der Waals surface area contributed by atoms with Crippen molar-refractivity contribution in [1.29, 1.82) is 0 Å². The lowest BCUT2D eigenvalue weighted by molar-refractivity contribution is 0.573. The Hall–Kier alpha value is -0.330. The van der Waals surface area contributed by atoms with Crippen LogP contribution in [0.15, 0.2) is 18.2 Å². The van der Waals surface area contributed by atoms with Crippen molar-refractivity contribution >= 4 is 33.2 Å². The number of hydrogen-bond acceptors (Lipinski definition) is 3. The molecule has 0 spiro atoms. The maximum atomic E-state index is 10.7. The number of primary sulfonamides is 1. The Bertz CT molecular complexity index is 491. The van der Waals surface area contributed by atoms with Crippen LogP contribution < -0.4 is 10.5 Å². The SMILES string of the molecule is CC(NCCS(N)(=O)=O)c1ccc(Cl)c(Cl)c1. The van der Waals surface area contributed by atoms with Crippen LogP contribution in [-0.2, 0) is 10.0 Å². The van der Waals surface area contributed by atoms with Crippen LogP contribution in [0.4, 0.5) is 0 Å². The van der Waals surface area contributed by atoms with Gasteiger partial charge in [0.2, 0.25) is 10.0 Å². The molecule has 0 amide bonds. The zero-order chi connectivity index (χ0) is 13.1. The molecule has 1 aromatic carbocycles. The van der Waals surface area contributed by atoms with Gasteiger partial charge in [-0.05, 0) is 24.6 Å². The molecule has 0 radical (unpaired) electrons. The van der Waals surface area contributed by atoms with E-state index in [4.69, 9.17) is 28.3 Å². The highest BCUT2D eigenvalue weighted by Crippen LogP contribution is 2.25. The van der Waals surface area contributed by atoms with Gasteiger partial charge < -0.3 is 5.32 Å². The molecule has 4 nitrogen and oxygen atoms in total. The zero-order valence-corrected chi connectivity index (χ0v) is 11.6. The Morgan fingerprint density at radius 3 is 2.53 bits per heavy atom. The van der Waals surface area contributed by atoms with E-state index in [1.54, 1.807) is 12.1 Å². The van der Waals surface area contributed by atoms with Crippen molar-refractivity contribution in [2.45, 2.75) is 13.0 Å². The van der Waals surface area contributed by atoms with E-state index < -0.39 is 10.0 Å². The van der Waals surface area contributed by atoms with E-state index in [0.717, 1.165) is 5.56 Å². The predicted molar refractivity (Wildman–Crippen MR) is 70.9 cm³/mol. The summed E-state index contributed by atoms with van der Waals surface area (Å²) < 4.78 is 21.5. The maximum Gasteiger partial charge on any atom is 0.210 e. The average molecular weight is 297 g/mol. The number of rotatable bonds is 5. The minimum atomic E-state index is -3.43. The highest BCUT2D eigenvalue weighted by atomic mass is 35.5. The molecule has 0 aliphatic carbocycles. The Labute approximate surface area is 111 Å². The molecule has 0 aromatic heterocycles. The van der Waals surface area contributed by atoms with Crippen LogP contribution in [0.2, 0.25) is 10.0 Å². The summed E-state index contributed by atoms with van der Waals surface area (Å²) in [7, 11) is -3.43. The summed E-state index contributed by atoms with van der Waals surface area (Å²) in [5.41, 5.74) is 0.939. The highest BCUT2D eigenvalue weighted by molar-refractivity contribution is 7.89. The van der Waals surface area contributed by atoms with E-state index in [1.165, 1.54) is 0 Å². The second kappa shape index (κ2) is 6.02. The minimum Gasteiger partial charge on any atom is -0.309 e. The summed E-state index contributed by atoms with van der Waals surface area (Å²) in [6.07, 6.45) is 0. The number of benzene rings is 1. The number of nitrogens with one attached hydrogen (secondary N) is 1. The van der Waals surface area contributed by atoms with Crippen molar-refractivity contribution in [3.8, 4) is 0 Å². The fourth-order valence-corrected chi connectivity index (χ4v) is 2.03. The number of sulfonamides is 1. The van der Waals surface area contributed by atoms with Crippen molar-refractivity contribution in [2.24, 2.45) is 5.14 Å². The lowest BCUT2D eigenvalue weighted by Gasteiger charge is -2.14. The fourth-order valence-electron chi connectivity index (χ4n) is 1.32. The zero-order valence-electron chi connectivity index (χ0n) is 9.28. The summed E-state index contributed by atoms with van der Waals surface area (Å²) in [4.78, 5) is 0. The third-order valence-electron chi connectivity index (χ3n) is 2.28. The highest BCUT2D eigenvalue weighted by Gasteiger charge is 2.08. The lowest BCUT2D eigenvalue weighted by atomic mass is 10.1. The normalized spacial score (nSPS) is 13.6. The fraction of sp³-hybridized carbons (Fsp3) is 0.400. The number of hydrogen-bond donors (Lipinski definition) is 2. The summed E-state index contributed by atoms with van der Waals surface area (Å²) in [5.74, 6) is -0.0985. The van der Waals surface area contributed by atoms with Gasteiger partial charge in [0.15, 0.2) is 0 Å². The second-order valence-corrected chi connectivity index (χ2v) is 6.26. The molecular formula is C10H14Cl2N2O2S. The molecule has 1 aromatic rings. The third kappa shape index (κ3) is 5.23. The molecule has 0 heterocycles. The Balaban J connectivity index is 2.58. The largest absolute Gasteiger partial charge is 0.309 e. The smallest absolute Gasteiger partial charge is 0.210 e. The van der Waals surface area contributed by atoms with Crippen molar-refractivity contribution in [3.05, 3.63) is 33.8 Å². The maximum absolute atomic E-state index is 10.7. The van der Waals surface area contributed by atoms with Crippen molar-refractivity contribution < 1.29 is 8.42 Å². The molecule has 7 heteroatoms. The first kappa shape index (κ1) is 14.7. The molecule has 0 bridgehead atoms. The molecule has 1 rings (SSSR count). The molecule has 0 fully saturated rings. The summed E-state index contributed by atoms with van der Waals surface area (Å²) in [6, 6.07) is 5.27. The van der Waals surface area contributed by atoms with Crippen LogP contribution in [0.1, 0.15) is 18.5 Å². The molecule has 0 aliphatic rings. The Kier molecular flexibility index (Phi) is 5.22. The van der Waals surface area contributed by atoms with E-state index in [2.05, 4.69) is 5.32 Å². The molecule has 0 saturated heterocycles. The molecule has 1 unspecified atom stereocenters. The Morgan fingerprint density at radius 1 is 1.35 bits per heavy atom. The van der Waals surface area contributed by atoms with Gasteiger partial charge >= 0.3 is 0 Å². The summed E-state index contributed by atoms with van der Waals surface area (Å²) in [5, 5.41) is 8.91. The van der Waals surface area contributed by atoms with Crippen molar-refractivity contribution in [1.82, 2.24) is 5.32 Å². The minimum absolute atomic E-state index is 0.0217.